The van der Waals surface area contributed by atoms with E-state index in [2.05, 4.69) is 15.0 Å². The number of hydrogen-bond acceptors (Lipinski definition) is 6. The van der Waals surface area contributed by atoms with E-state index in [0.717, 1.165) is 43.1 Å². The molecule has 0 fully saturated rings. The number of anilines is 1. The molecule has 6 nitrogen and oxygen atoms in total. The Morgan fingerprint density at radius 3 is 2.83 bits per heavy atom. The van der Waals surface area contributed by atoms with Crippen LogP contribution in [0.4, 0.5) is 5.82 Å². The molecule has 0 aliphatic rings. The summed E-state index contributed by atoms with van der Waals surface area (Å²) in [6.07, 6.45) is 5.43. The average Bonchev–Trinajstić information content (AvgIpc) is 2.79. The maximum absolute atomic E-state index is 5.74. The minimum atomic E-state index is 0.441. The van der Waals surface area contributed by atoms with Gasteiger partial charge < -0.3 is 16.0 Å². The van der Waals surface area contributed by atoms with E-state index in [1.54, 1.807) is 6.33 Å². The zero-order valence-electron chi connectivity index (χ0n) is 10.2. The number of nitrogens with two attached hydrogens (primary N) is 2. The summed E-state index contributed by atoms with van der Waals surface area (Å²) in [6, 6.07) is 0. The van der Waals surface area contributed by atoms with Gasteiger partial charge in [-0.2, -0.15) is 11.8 Å². The number of fused-ring (bicyclic) bond motifs is 1. The van der Waals surface area contributed by atoms with Gasteiger partial charge in [-0.15, -0.1) is 0 Å². The second kappa shape index (κ2) is 6.55. The SMILES string of the molecule is NCCCSCCCn1cnc2c(N)ncnc21. The van der Waals surface area contributed by atoms with Gasteiger partial charge in [-0.05, 0) is 30.9 Å². The molecule has 0 aliphatic carbocycles. The van der Waals surface area contributed by atoms with Gasteiger partial charge in [0.15, 0.2) is 11.5 Å². The fraction of sp³-hybridized carbons (Fsp3) is 0.545. The second-order valence-corrected chi connectivity index (χ2v) is 5.20. The van der Waals surface area contributed by atoms with Gasteiger partial charge in [-0.3, -0.25) is 0 Å². The van der Waals surface area contributed by atoms with Crippen LogP contribution >= 0.6 is 11.8 Å². The van der Waals surface area contributed by atoms with Crippen LogP contribution in [0.2, 0.25) is 0 Å². The van der Waals surface area contributed by atoms with E-state index in [0.29, 0.717) is 11.3 Å². The zero-order chi connectivity index (χ0) is 12.8. The minimum Gasteiger partial charge on any atom is -0.382 e. The third-order valence-electron chi connectivity index (χ3n) is 2.61. The molecule has 18 heavy (non-hydrogen) atoms. The maximum atomic E-state index is 5.74. The van der Waals surface area contributed by atoms with E-state index in [1.165, 1.54) is 6.33 Å². The van der Waals surface area contributed by atoms with Crippen molar-refractivity contribution in [3.05, 3.63) is 12.7 Å². The molecule has 7 heteroatoms. The van der Waals surface area contributed by atoms with Crippen LogP contribution < -0.4 is 11.5 Å². The maximum Gasteiger partial charge on any atom is 0.165 e. The molecule has 2 aromatic rings. The first-order chi connectivity index (χ1) is 8.83. The van der Waals surface area contributed by atoms with Crippen LogP contribution in [0, 0.1) is 0 Å². The zero-order valence-corrected chi connectivity index (χ0v) is 11.1. The highest BCUT2D eigenvalue weighted by atomic mass is 32.2. The first-order valence-electron chi connectivity index (χ1n) is 6.02. The second-order valence-electron chi connectivity index (χ2n) is 3.98. The number of aryl methyl sites for hydroxylation is 1. The molecule has 0 saturated heterocycles. The predicted octanol–water partition coefficient (Wildman–Crippen LogP) is 0.881. The van der Waals surface area contributed by atoms with E-state index < -0.39 is 0 Å². The van der Waals surface area contributed by atoms with E-state index >= 15 is 0 Å². The summed E-state index contributed by atoms with van der Waals surface area (Å²) in [6.45, 7) is 1.68. The van der Waals surface area contributed by atoms with Crippen molar-refractivity contribution in [2.45, 2.75) is 19.4 Å². The highest BCUT2D eigenvalue weighted by Gasteiger charge is 2.06. The van der Waals surface area contributed by atoms with E-state index in [1.807, 2.05) is 16.3 Å². The first kappa shape index (κ1) is 13.1. The van der Waals surface area contributed by atoms with Crippen molar-refractivity contribution in [2.75, 3.05) is 23.8 Å². The smallest absolute Gasteiger partial charge is 0.165 e. The van der Waals surface area contributed by atoms with Crippen LogP contribution in [-0.2, 0) is 6.54 Å². The lowest BCUT2D eigenvalue weighted by Crippen LogP contribution is -2.02. The summed E-state index contributed by atoms with van der Waals surface area (Å²) in [4.78, 5) is 12.4. The van der Waals surface area contributed by atoms with E-state index in [-0.39, 0.29) is 0 Å². The molecular formula is C11H18N6S. The first-order valence-corrected chi connectivity index (χ1v) is 7.17. The van der Waals surface area contributed by atoms with Crippen LogP contribution in [0.3, 0.4) is 0 Å². The van der Waals surface area contributed by atoms with Crippen molar-refractivity contribution in [1.82, 2.24) is 19.5 Å². The third kappa shape index (κ3) is 3.11. The van der Waals surface area contributed by atoms with Crippen molar-refractivity contribution in [1.29, 1.82) is 0 Å². The van der Waals surface area contributed by atoms with Gasteiger partial charge in [0.25, 0.3) is 0 Å². The largest absolute Gasteiger partial charge is 0.382 e. The third-order valence-corrected chi connectivity index (χ3v) is 3.76. The summed E-state index contributed by atoms with van der Waals surface area (Å²) in [5.74, 6) is 2.70. The lowest BCUT2D eigenvalue weighted by Gasteiger charge is -2.03. The fourth-order valence-electron chi connectivity index (χ4n) is 1.69. The molecular weight excluding hydrogens is 248 g/mol. The van der Waals surface area contributed by atoms with Crippen molar-refractivity contribution < 1.29 is 0 Å². The number of imidazole rings is 1. The number of thioether (sulfide) groups is 1. The Hall–Kier alpha value is -1.34. The van der Waals surface area contributed by atoms with Gasteiger partial charge >= 0.3 is 0 Å². The molecule has 2 rings (SSSR count). The molecule has 98 valence electrons. The molecule has 0 aromatic carbocycles. The minimum absolute atomic E-state index is 0.441. The molecule has 2 aromatic heterocycles. The van der Waals surface area contributed by atoms with E-state index in [9.17, 15) is 0 Å². The van der Waals surface area contributed by atoms with Gasteiger partial charge in [0.05, 0.1) is 6.33 Å². The summed E-state index contributed by atoms with van der Waals surface area (Å²) < 4.78 is 2.02. The Labute approximate surface area is 110 Å². The van der Waals surface area contributed by atoms with Gasteiger partial charge in [0, 0.05) is 6.54 Å². The quantitative estimate of drug-likeness (QED) is 0.722. The molecule has 0 spiro atoms. The molecule has 0 atom stereocenters. The van der Waals surface area contributed by atoms with Crippen molar-refractivity contribution in [3.8, 4) is 0 Å². The lowest BCUT2D eigenvalue weighted by molar-refractivity contribution is 0.696. The molecule has 0 radical (unpaired) electrons. The number of aromatic nitrogens is 4. The predicted molar refractivity (Wildman–Crippen MR) is 75.3 cm³/mol. The highest BCUT2D eigenvalue weighted by molar-refractivity contribution is 7.99. The van der Waals surface area contributed by atoms with Gasteiger partial charge in [-0.25, -0.2) is 15.0 Å². The Kier molecular flexibility index (Phi) is 4.77. The molecule has 0 saturated carbocycles. The van der Waals surface area contributed by atoms with Crippen molar-refractivity contribution >= 4 is 28.7 Å². The van der Waals surface area contributed by atoms with Crippen LogP contribution in [-0.4, -0.2) is 37.6 Å². The van der Waals surface area contributed by atoms with Crippen molar-refractivity contribution in [3.63, 3.8) is 0 Å². The molecule has 4 N–H and O–H groups in total. The topological polar surface area (TPSA) is 95.6 Å². The number of hydrogen-bond donors (Lipinski definition) is 2. The van der Waals surface area contributed by atoms with Crippen LogP contribution in [0.1, 0.15) is 12.8 Å². The normalized spacial score (nSPS) is 11.2. The number of rotatable bonds is 7. The molecule has 0 bridgehead atoms. The van der Waals surface area contributed by atoms with Crippen LogP contribution in [0.25, 0.3) is 11.2 Å². The summed E-state index contributed by atoms with van der Waals surface area (Å²) >= 11 is 1.94. The highest BCUT2D eigenvalue weighted by Crippen LogP contribution is 2.15. The Balaban J connectivity index is 1.86. The van der Waals surface area contributed by atoms with Gasteiger partial charge in [0.2, 0.25) is 0 Å². The van der Waals surface area contributed by atoms with E-state index in [4.69, 9.17) is 11.5 Å². The van der Waals surface area contributed by atoms with Gasteiger partial charge in [0.1, 0.15) is 11.8 Å². The molecule has 0 unspecified atom stereocenters. The van der Waals surface area contributed by atoms with Crippen LogP contribution in [0.5, 0.6) is 0 Å². The standard InChI is InChI=1S/C11H18N6S/c12-3-1-5-18-6-2-4-17-8-16-9-10(13)14-7-15-11(9)17/h7-8H,1-6,12H2,(H2,13,14,15). The lowest BCUT2D eigenvalue weighted by atomic mass is 10.4. The van der Waals surface area contributed by atoms with Gasteiger partial charge in [-0.1, -0.05) is 0 Å². The fourth-order valence-corrected chi connectivity index (χ4v) is 2.59. The number of nitrogens with zero attached hydrogens (tertiary/aromatic N) is 4. The van der Waals surface area contributed by atoms with Crippen LogP contribution in [0.15, 0.2) is 12.7 Å². The Bertz CT molecular complexity index is 497. The summed E-state index contributed by atoms with van der Waals surface area (Å²) in [5, 5.41) is 0. The Morgan fingerprint density at radius 1 is 1.17 bits per heavy atom. The molecule has 0 amide bonds. The molecule has 0 aliphatic heterocycles. The Morgan fingerprint density at radius 2 is 2.00 bits per heavy atom. The number of nitrogen functional groups attached to an aromatic ring is 1. The summed E-state index contributed by atoms with van der Waals surface area (Å²) in [5.41, 5.74) is 12.7. The molecule has 2 heterocycles. The summed E-state index contributed by atoms with van der Waals surface area (Å²) in [7, 11) is 0. The average molecular weight is 266 g/mol. The van der Waals surface area contributed by atoms with Crippen molar-refractivity contribution in [2.24, 2.45) is 5.73 Å². The monoisotopic (exact) mass is 266 g/mol.